The van der Waals surface area contributed by atoms with Gasteiger partial charge in [-0.15, -0.1) is 50.8 Å². The monoisotopic (exact) mass is 584 g/mol. The molecule has 1 nitrogen and oxygen atoms in total. The summed E-state index contributed by atoms with van der Waals surface area (Å²) in [5.74, 6) is 0. The maximum atomic E-state index is 3.76. The van der Waals surface area contributed by atoms with Gasteiger partial charge in [-0.25, -0.2) is 24.3 Å². The minimum absolute atomic E-state index is 0. The van der Waals surface area contributed by atoms with Gasteiger partial charge < -0.3 is 4.57 Å². The topological polar surface area (TPSA) is 3.24 Å². The first-order chi connectivity index (χ1) is 11.9. The quantitative estimate of drug-likeness (QED) is 0.265. The molecule has 1 aromatic rings. The average Bonchev–Trinajstić information content (AvgIpc) is 3.35. The van der Waals surface area contributed by atoms with Gasteiger partial charge in [0.1, 0.15) is 0 Å². The smallest absolute Gasteiger partial charge is 0.153 e. The first-order valence-corrected chi connectivity index (χ1v) is 9.25. The van der Waals surface area contributed by atoms with Crippen molar-refractivity contribution >= 4 is 39.7 Å². The predicted molar refractivity (Wildman–Crippen MR) is 123 cm³/mol. The molecule has 0 bridgehead atoms. The van der Waals surface area contributed by atoms with Crippen molar-refractivity contribution in [1.29, 1.82) is 0 Å². The molecule has 0 fully saturated rings. The molecule has 0 aliphatic heterocycles. The molecule has 3 rings (SSSR count). The Morgan fingerprint density at radius 2 is 1.37 bits per heavy atom. The summed E-state index contributed by atoms with van der Waals surface area (Å²) >= 11 is 0. The second kappa shape index (κ2) is 23.3. The molecule has 2 aliphatic carbocycles. The van der Waals surface area contributed by atoms with Crippen LogP contribution in [0.1, 0.15) is 12.8 Å². The fourth-order valence-corrected chi connectivity index (χ4v) is 3.27. The predicted octanol–water partition coefficient (Wildman–Crippen LogP) is 4.79. The van der Waals surface area contributed by atoms with Crippen molar-refractivity contribution in [1.82, 2.24) is 4.57 Å². The van der Waals surface area contributed by atoms with Crippen molar-refractivity contribution in [3.05, 3.63) is 104 Å². The van der Waals surface area contributed by atoms with Gasteiger partial charge in [-0.2, -0.15) is 12.2 Å². The Balaban J connectivity index is -0.000000368. The van der Waals surface area contributed by atoms with Crippen molar-refractivity contribution < 1.29 is 25.8 Å². The van der Waals surface area contributed by atoms with Crippen LogP contribution >= 0.6 is 24.8 Å². The Labute approximate surface area is 199 Å². The number of halogens is 2. The van der Waals surface area contributed by atoms with E-state index in [2.05, 4.69) is 66.3 Å². The molecule has 27 heavy (non-hydrogen) atoms. The minimum atomic E-state index is 0. The Bertz CT molecular complexity index is 531. The summed E-state index contributed by atoms with van der Waals surface area (Å²) in [7, 11) is 0.186. The van der Waals surface area contributed by atoms with E-state index in [-0.39, 0.29) is 60.3 Å². The molecule has 0 N–H and O–H groups in total. The zero-order valence-corrected chi connectivity index (χ0v) is 22.0. The number of nitrogens with zero attached hydrogens (tertiary/aromatic N) is 1. The molecule has 1 radical (unpaired) electrons. The molecule has 145 valence electrons. The number of benzene rings is 1. The SMILES string of the molecule is C=CCN(CC=C)[SiH]c1ccccc1.Cl.Cl.[C-]1=CC=CC1.[C-]1=CC=CC1.[Hf]. The zero-order chi connectivity index (χ0) is 17.3. The molecule has 0 amide bonds. The summed E-state index contributed by atoms with van der Waals surface area (Å²) in [6.45, 7) is 9.40. The van der Waals surface area contributed by atoms with E-state index in [1.807, 2.05) is 42.5 Å². The van der Waals surface area contributed by atoms with E-state index in [9.17, 15) is 0 Å². The van der Waals surface area contributed by atoms with Gasteiger partial charge in [-0.3, -0.25) is 12.2 Å². The summed E-state index contributed by atoms with van der Waals surface area (Å²) in [4.78, 5) is 0. The van der Waals surface area contributed by atoms with Crippen LogP contribution in [0, 0.1) is 12.2 Å². The van der Waals surface area contributed by atoms with Crippen LogP contribution in [0.5, 0.6) is 0 Å². The maximum Gasteiger partial charge on any atom is 0.153 e. The van der Waals surface area contributed by atoms with Crippen molar-refractivity contribution in [3.8, 4) is 0 Å². The molecule has 2 aliphatic rings. The third-order valence-electron chi connectivity index (χ3n) is 3.03. The Hall–Kier alpha value is -0.713. The van der Waals surface area contributed by atoms with Crippen molar-refractivity contribution in [3.63, 3.8) is 0 Å². The van der Waals surface area contributed by atoms with E-state index in [4.69, 9.17) is 0 Å². The summed E-state index contributed by atoms with van der Waals surface area (Å²) in [5.41, 5.74) is 0. The number of rotatable bonds is 6. The first-order valence-electron chi connectivity index (χ1n) is 8.16. The van der Waals surface area contributed by atoms with Gasteiger partial charge in [-0.1, -0.05) is 42.5 Å². The third-order valence-corrected chi connectivity index (χ3v) is 4.50. The summed E-state index contributed by atoms with van der Waals surface area (Å²) in [5, 5.41) is 1.41. The van der Waals surface area contributed by atoms with Crippen molar-refractivity contribution in [2.75, 3.05) is 13.1 Å². The van der Waals surface area contributed by atoms with Gasteiger partial charge in [0.05, 0.1) is 0 Å². The minimum Gasteiger partial charge on any atom is -0.316 e. The van der Waals surface area contributed by atoms with Gasteiger partial charge >= 0.3 is 0 Å². The maximum absolute atomic E-state index is 3.76. The number of hydrogen-bond donors (Lipinski definition) is 0. The number of hydrogen-bond acceptors (Lipinski definition) is 1. The molecule has 0 saturated carbocycles. The Morgan fingerprint density at radius 3 is 1.67 bits per heavy atom. The fraction of sp³-hybridized carbons (Fsp3) is 0.182. The summed E-state index contributed by atoms with van der Waals surface area (Å²) in [6, 6.07) is 10.6. The van der Waals surface area contributed by atoms with Crippen LogP contribution in [0.4, 0.5) is 0 Å². The Morgan fingerprint density at radius 1 is 0.889 bits per heavy atom. The van der Waals surface area contributed by atoms with Crippen molar-refractivity contribution in [2.24, 2.45) is 0 Å². The van der Waals surface area contributed by atoms with Crippen molar-refractivity contribution in [2.45, 2.75) is 12.8 Å². The van der Waals surface area contributed by atoms with Gasteiger partial charge in [0.2, 0.25) is 0 Å². The molecular weight excluding hydrogens is 556 g/mol. The van der Waals surface area contributed by atoms with Gasteiger partial charge in [-0.05, 0) is 5.19 Å². The third kappa shape index (κ3) is 18.4. The summed E-state index contributed by atoms with van der Waals surface area (Å²) < 4.78 is 2.37. The van der Waals surface area contributed by atoms with Gasteiger partial charge in [0.15, 0.2) is 9.68 Å². The van der Waals surface area contributed by atoms with E-state index in [1.165, 1.54) is 5.19 Å². The van der Waals surface area contributed by atoms with Crippen LogP contribution in [-0.2, 0) is 25.8 Å². The van der Waals surface area contributed by atoms with Crippen LogP contribution in [0.25, 0.3) is 0 Å². The second-order valence-corrected chi connectivity index (χ2v) is 6.73. The van der Waals surface area contributed by atoms with E-state index in [1.54, 1.807) is 0 Å². The normalized spacial score (nSPS) is 11.7. The standard InChI is InChI=1S/C12H16NSi.2C5H5.2ClH.Hf/c1-3-10-13(11-4-2)14-12-8-6-5-7-9-12;2*1-2-4-5-3-1;;;/h3-9,14H,1-2,10-11H2;2*1-3H,4H2;2*1H;/q;2*-1;;;. The van der Waals surface area contributed by atoms with Gasteiger partial charge in [0.25, 0.3) is 0 Å². The van der Waals surface area contributed by atoms with E-state index in [0.717, 1.165) is 25.9 Å². The average molecular weight is 584 g/mol. The van der Waals surface area contributed by atoms with E-state index < -0.39 is 0 Å². The number of allylic oxidation sites excluding steroid dienone is 8. The zero-order valence-electron chi connectivity index (χ0n) is 15.6. The molecule has 0 unspecified atom stereocenters. The molecule has 1 aromatic carbocycles. The Kier molecular flexibility index (Phi) is 26.8. The molecule has 0 spiro atoms. The van der Waals surface area contributed by atoms with Crippen LogP contribution in [0.2, 0.25) is 0 Å². The molecule has 0 saturated heterocycles. The second-order valence-electron chi connectivity index (χ2n) is 5.08. The van der Waals surface area contributed by atoms with E-state index in [0.29, 0.717) is 0 Å². The fourth-order valence-electron chi connectivity index (χ4n) is 1.94. The molecule has 0 aromatic heterocycles. The largest absolute Gasteiger partial charge is 0.316 e. The van der Waals surface area contributed by atoms with Crippen LogP contribution in [0.3, 0.4) is 0 Å². The molecule has 5 heteroatoms. The molecular formula is C22H28Cl2HfNSi-2. The van der Waals surface area contributed by atoms with Crippen LogP contribution in [-0.4, -0.2) is 27.3 Å². The first kappa shape index (κ1) is 31.0. The van der Waals surface area contributed by atoms with E-state index >= 15 is 0 Å². The van der Waals surface area contributed by atoms with Gasteiger partial charge in [0, 0.05) is 38.9 Å². The van der Waals surface area contributed by atoms with Crippen LogP contribution < -0.4 is 5.19 Å². The van der Waals surface area contributed by atoms with Crippen LogP contribution in [0.15, 0.2) is 92.1 Å². The molecule has 0 heterocycles. The summed E-state index contributed by atoms with van der Waals surface area (Å²) in [6.07, 6.45) is 23.9. The molecule has 0 atom stereocenters.